The van der Waals surface area contributed by atoms with Gasteiger partial charge in [0, 0.05) is 6.04 Å². The Morgan fingerprint density at radius 2 is 1.92 bits per heavy atom. The molecule has 0 radical (unpaired) electrons. The zero-order valence-electron chi connectivity index (χ0n) is 8.11. The van der Waals surface area contributed by atoms with Gasteiger partial charge in [-0.05, 0) is 45.3 Å². The van der Waals surface area contributed by atoms with Crippen LogP contribution in [-0.4, -0.2) is 42.3 Å². The minimum atomic E-state index is -0.00685. The van der Waals surface area contributed by atoms with E-state index in [-0.39, 0.29) is 25.1 Å². The highest BCUT2D eigenvalue weighted by atomic mass is 35.5. The van der Waals surface area contributed by atoms with Crippen LogP contribution < -0.4 is 5.73 Å². The average Bonchev–Trinajstić information content (AvgIpc) is 2.57. The van der Waals surface area contributed by atoms with Gasteiger partial charge in [-0.25, -0.2) is 0 Å². The quantitative estimate of drug-likeness (QED) is 0.696. The molecule has 13 heavy (non-hydrogen) atoms. The van der Waals surface area contributed by atoms with Gasteiger partial charge in [0.2, 0.25) is 0 Å². The maximum atomic E-state index is 8.69. The fraction of sp³-hybridized carbons (Fsp3) is 1.00. The molecule has 0 spiro atoms. The first-order valence-corrected chi connectivity index (χ1v) is 4.91. The van der Waals surface area contributed by atoms with Gasteiger partial charge < -0.3 is 15.7 Å². The Balaban J connectivity index is 0.00000144. The van der Waals surface area contributed by atoms with Crippen molar-refractivity contribution in [2.75, 3.05) is 26.2 Å². The molecule has 80 valence electrons. The number of aliphatic hydroxyl groups is 1. The summed E-state index contributed by atoms with van der Waals surface area (Å²) in [6.07, 6.45) is 4.78. The predicted molar refractivity (Wildman–Crippen MR) is 57.2 cm³/mol. The Morgan fingerprint density at radius 3 is 2.46 bits per heavy atom. The molecular formula is C9H21ClN2O. The van der Waals surface area contributed by atoms with E-state index >= 15 is 0 Å². The smallest absolute Gasteiger partial charge is 0.0582 e. The van der Waals surface area contributed by atoms with Crippen LogP contribution in [0.15, 0.2) is 0 Å². The minimum Gasteiger partial charge on any atom is -0.395 e. The van der Waals surface area contributed by atoms with Crippen LogP contribution in [0.2, 0.25) is 0 Å². The summed E-state index contributed by atoms with van der Waals surface area (Å²) in [5.41, 5.74) is 5.59. The molecular weight excluding hydrogens is 188 g/mol. The standard InChI is InChI=1S/C9H20N2O.ClH/c10-9(8-12)4-3-7-11-5-1-2-6-11;/h9,12H,1-8,10H2;1H/t9-;/m1./s1. The lowest BCUT2D eigenvalue weighted by molar-refractivity contribution is 0.249. The summed E-state index contributed by atoms with van der Waals surface area (Å²) in [6.45, 7) is 3.80. The van der Waals surface area contributed by atoms with Gasteiger partial charge in [0.1, 0.15) is 0 Å². The third-order valence-electron chi connectivity index (χ3n) is 2.48. The highest BCUT2D eigenvalue weighted by Gasteiger charge is 2.10. The zero-order chi connectivity index (χ0) is 8.81. The van der Waals surface area contributed by atoms with Crippen molar-refractivity contribution < 1.29 is 5.11 Å². The number of nitrogens with zero attached hydrogens (tertiary/aromatic N) is 1. The highest BCUT2D eigenvalue weighted by molar-refractivity contribution is 5.85. The van der Waals surface area contributed by atoms with Crippen LogP contribution in [0.3, 0.4) is 0 Å². The van der Waals surface area contributed by atoms with Crippen LogP contribution in [0, 0.1) is 0 Å². The predicted octanol–water partition coefficient (Wildman–Crippen LogP) is 0.604. The number of hydrogen-bond donors (Lipinski definition) is 2. The Kier molecular flexibility index (Phi) is 7.66. The van der Waals surface area contributed by atoms with Gasteiger partial charge >= 0.3 is 0 Å². The van der Waals surface area contributed by atoms with Crippen molar-refractivity contribution in [1.82, 2.24) is 4.90 Å². The minimum absolute atomic E-state index is 0. The molecule has 1 rings (SSSR count). The summed E-state index contributed by atoms with van der Waals surface area (Å²) in [4.78, 5) is 2.48. The van der Waals surface area contributed by atoms with Gasteiger partial charge in [-0.1, -0.05) is 0 Å². The number of likely N-dealkylation sites (tertiary alicyclic amines) is 1. The highest BCUT2D eigenvalue weighted by Crippen LogP contribution is 2.08. The topological polar surface area (TPSA) is 49.5 Å². The van der Waals surface area contributed by atoms with Gasteiger partial charge in [-0.15, -0.1) is 12.4 Å². The number of nitrogens with two attached hydrogens (primary N) is 1. The van der Waals surface area contributed by atoms with Crippen LogP contribution in [0.25, 0.3) is 0 Å². The van der Waals surface area contributed by atoms with Crippen molar-refractivity contribution in [3.63, 3.8) is 0 Å². The molecule has 1 atom stereocenters. The maximum Gasteiger partial charge on any atom is 0.0582 e. The second-order valence-corrected chi connectivity index (χ2v) is 3.63. The molecule has 0 unspecified atom stereocenters. The zero-order valence-corrected chi connectivity index (χ0v) is 8.93. The van der Waals surface area contributed by atoms with Crippen LogP contribution >= 0.6 is 12.4 Å². The Hall–Kier alpha value is 0.170. The number of rotatable bonds is 5. The van der Waals surface area contributed by atoms with E-state index in [1.54, 1.807) is 0 Å². The molecule has 0 aromatic heterocycles. The van der Waals surface area contributed by atoms with E-state index in [0.717, 1.165) is 19.4 Å². The lowest BCUT2D eigenvalue weighted by atomic mass is 10.2. The van der Waals surface area contributed by atoms with Crippen molar-refractivity contribution in [2.45, 2.75) is 31.7 Å². The molecule has 0 aromatic rings. The first-order valence-electron chi connectivity index (χ1n) is 4.91. The molecule has 0 bridgehead atoms. The first kappa shape index (κ1) is 13.2. The molecule has 0 amide bonds. The second-order valence-electron chi connectivity index (χ2n) is 3.63. The number of aliphatic hydroxyl groups excluding tert-OH is 1. The molecule has 1 fully saturated rings. The summed E-state index contributed by atoms with van der Waals surface area (Å²) < 4.78 is 0. The average molecular weight is 209 g/mol. The van der Waals surface area contributed by atoms with Crippen LogP contribution in [-0.2, 0) is 0 Å². The summed E-state index contributed by atoms with van der Waals surface area (Å²) in [5.74, 6) is 0. The molecule has 1 saturated heterocycles. The van der Waals surface area contributed by atoms with Gasteiger partial charge in [0.25, 0.3) is 0 Å². The molecule has 0 aromatic carbocycles. The number of hydrogen-bond acceptors (Lipinski definition) is 3. The molecule has 0 aliphatic carbocycles. The Bertz CT molecular complexity index is 118. The summed E-state index contributed by atoms with van der Waals surface area (Å²) in [7, 11) is 0. The SMILES string of the molecule is Cl.N[C@@H](CO)CCCN1CCCC1. The summed E-state index contributed by atoms with van der Waals surface area (Å²) in [5, 5.41) is 8.69. The van der Waals surface area contributed by atoms with E-state index in [2.05, 4.69) is 4.90 Å². The third-order valence-corrected chi connectivity index (χ3v) is 2.48. The largest absolute Gasteiger partial charge is 0.395 e. The van der Waals surface area contributed by atoms with E-state index < -0.39 is 0 Å². The Morgan fingerprint density at radius 1 is 1.31 bits per heavy atom. The van der Waals surface area contributed by atoms with Crippen LogP contribution in [0.5, 0.6) is 0 Å². The van der Waals surface area contributed by atoms with Crippen molar-refractivity contribution in [3.05, 3.63) is 0 Å². The summed E-state index contributed by atoms with van der Waals surface area (Å²) in [6, 6.07) is -0.00685. The van der Waals surface area contributed by atoms with E-state index in [0.29, 0.717) is 0 Å². The molecule has 3 N–H and O–H groups in total. The van der Waals surface area contributed by atoms with E-state index in [1.807, 2.05) is 0 Å². The monoisotopic (exact) mass is 208 g/mol. The fourth-order valence-corrected chi connectivity index (χ4v) is 1.67. The molecule has 0 saturated carbocycles. The second kappa shape index (κ2) is 7.56. The normalized spacial score (nSPS) is 19.8. The van der Waals surface area contributed by atoms with Crippen LogP contribution in [0.1, 0.15) is 25.7 Å². The lowest BCUT2D eigenvalue weighted by Crippen LogP contribution is -2.27. The van der Waals surface area contributed by atoms with Gasteiger partial charge in [0.05, 0.1) is 6.61 Å². The first-order chi connectivity index (χ1) is 5.83. The van der Waals surface area contributed by atoms with Crippen LogP contribution in [0.4, 0.5) is 0 Å². The van der Waals surface area contributed by atoms with Crippen molar-refractivity contribution in [3.8, 4) is 0 Å². The van der Waals surface area contributed by atoms with Gasteiger partial charge in [0.15, 0.2) is 0 Å². The van der Waals surface area contributed by atoms with Crippen molar-refractivity contribution >= 4 is 12.4 Å². The van der Waals surface area contributed by atoms with Crippen molar-refractivity contribution in [1.29, 1.82) is 0 Å². The van der Waals surface area contributed by atoms with E-state index in [4.69, 9.17) is 10.8 Å². The molecule has 3 nitrogen and oxygen atoms in total. The maximum absolute atomic E-state index is 8.69. The molecule has 1 heterocycles. The van der Waals surface area contributed by atoms with E-state index in [9.17, 15) is 0 Å². The van der Waals surface area contributed by atoms with E-state index in [1.165, 1.54) is 25.9 Å². The molecule has 4 heteroatoms. The molecule has 1 aliphatic rings. The Labute approximate surface area is 86.7 Å². The van der Waals surface area contributed by atoms with Crippen molar-refractivity contribution in [2.24, 2.45) is 5.73 Å². The van der Waals surface area contributed by atoms with Gasteiger partial charge in [-0.3, -0.25) is 0 Å². The summed E-state index contributed by atoms with van der Waals surface area (Å²) >= 11 is 0. The lowest BCUT2D eigenvalue weighted by Gasteiger charge is -2.15. The van der Waals surface area contributed by atoms with Gasteiger partial charge in [-0.2, -0.15) is 0 Å². The third kappa shape index (κ3) is 5.47. The molecule has 1 aliphatic heterocycles. The fourth-order valence-electron chi connectivity index (χ4n) is 1.67. The number of halogens is 1.